The normalized spacial score (nSPS) is 15.6. The second kappa shape index (κ2) is 5.63. The van der Waals surface area contributed by atoms with Gasteiger partial charge in [-0.15, -0.1) is 0 Å². The molecule has 0 atom stereocenters. The molecule has 0 bridgehead atoms. The molecular formula is C15H20N2O3. The van der Waals surface area contributed by atoms with E-state index in [-0.39, 0.29) is 23.8 Å². The van der Waals surface area contributed by atoms with E-state index in [1.807, 2.05) is 6.92 Å². The quantitative estimate of drug-likeness (QED) is 0.721. The fourth-order valence-corrected chi connectivity index (χ4v) is 2.15. The number of anilines is 1. The Hall–Kier alpha value is -1.88. The summed E-state index contributed by atoms with van der Waals surface area (Å²) in [6, 6.07) is 4.90. The molecular weight excluding hydrogens is 256 g/mol. The van der Waals surface area contributed by atoms with Crippen molar-refractivity contribution in [2.75, 3.05) is 18.5 Å². The molecule has 0 saturated heterocycles. The van der Waals surface area contributed by atoms with Crippen molar-refractivity contribution in [3.8, 4) is 0 Å². The van der Waals surface area contributed by atoms with E-state index in [0.29, 0.717) is 17.8 Å². The molecule has 0 aliphatic heterocycles. The number of ketones is 1. The first-order valence-corrected chi connectivity index (χ1v) is 6.73. The van der Waals surface area contributed by atoms with Gasteiger partial charge in [0.05, 0.1) is 6.61 Å². The van der Waals surface area contributed by atoms with Crippen molar-refractivity contribution in [1.82, 2.24) is 5.32 Å². The minimum absolute atomic E-state index is 0.0112. The summed E-state index contributed by atoms with van der Waals surface area (Å²) in [5.41, 5.74) is 2.04. The molecule has 108 valence electrons. The molecule has 0 unspecified atom stereocenters. The number of benzene rings is 1. The number of aryl methyl sites for hydroxylation is 1. The lowest BCUT2D eigenvalue weighted by Crippen LogP contribution is -2.35. The SMILES string of the molecule is CC(=O)c1ccc(NC(=O)NCC2(CO)CC2)cc1C. The molecule has 5 nitrogen and oxygen atoms in total. The van der Waals surface area contributed by atoms with E-state index >= 15 is 0 Å². The van der Waals surface area contributed by atoms with E-state index in [4.69, 9.17) is 0 Å². The second-order valence-corrected chi connectivity index (χ2v) is 5.55. The summed E-state index contributed by atoms with van der Waals surface area (Å²) in [6.45, 7) is 3.95. The van der Waals surface area contributed by atoms with Crippen LogP contribution in [0.2, 0.25) is 0 Å². The average molecular weight is 276 g/mol. The van der Waals surface area contributed by atoms with Crippen LogP contribution >= 0.6 is 0 Å². The Kier molecular flexibility index (Phi) is 4.09. The van der Waals surface area contributed by atoms with Gasteiger partial charge < -0.3 is 15.7 Å². The highest BCUT2D eigenvalue weighted by molar-refractivity contribution is 5.96. The van der Waals surface area contributed by atoms with Gasteiger partial charge in [-0.2, -0.15) is 0 Å². The van der Waals surface area contributed by atoms with Crippen molar-refractivity contribution >= 4 is 17.5 Å². The van der Waals surface area contributed by atoms with Gasteiger partial charge in [0.2, 0.25) is 0 Å². The number of aliphatic hydroxyl groups excluding tert-OH is 1. The van der Waals surface area contributed by atoms with Crippen LogP contribution in [0, 0.1) is 12.3 Å². The van der Waals surface area contributed by atoms with Crippen LogP contribution in [0.4, 0.5) is 10.5 Å². The highest BCUT2D eigenvalue weighted by Gasteiger charge is 2.42. The highest BCUT2D eigenvalue weighted by Crippen LogP contribution is 2.44. The van der Waals surface area contributed by atoms with Crippen LogP contribution in [0.3, 0.4) is 0 Å². The zero-order valence-corrected chi connectivity index (χ0v) is 11.8. The molecule has 1 aliphatic carbocycles. The summed E-state index contributed by atoms with van der Waals surface area (Å²) in [5, 5.41) is 14.7. The van der Waals surface area contributed by atoms with Crippen LogP contribution in [-0.2, 0) is 0 Å². The lowest BCUT2D eigenvalue weighted by Gasteiger charge is -2.14. The smallest absolute Gasteiger partial charge is 0.319 e. The first-order chi connectivity index (χ1) is 9.46. The highest BCUT2D eigenvalue weighted by atomic mass is 16.3. The van der Waals surface area contributed by atoms with Gasteiger partial charge in [-0.3, -0.25) is 4.79 Å². The number of nitrogens with one attached hydrogen (secondary N) is 2. The maximum Gasteiger partial charge on any atom is 0.319 e. The molecule has 1 fully saturated rings. The van der Waals surface area contributed by atoms with Crippen LogP contribution in [0.25, 0.3) is 0 Å². The predicted molar refractivity (Wildman–Crippen MR) is 77.0 cm³/mol. The Morgan fingerprint density at radius 3 is 2.55 bits per heavy atom. The third kappa shape index (κ3) is 3.36. The van der Waals surface area contributed by atoms with Crippen molar-refractivity contribution in [3.05, 3.63) is 29.3 Å². The zero-order chi connectivity index (χ0) is 14.8. The average Bonchev–Trinajstić information content (AvgIpc) is 3.17. The molecule has 1 aromatic rings. The number of carbonyl (C=O) groups is 2. The summed E-state index contributed by atoms with van der Waals surface area (Å²) in [5.74, 6) is 0.0112. The summed E-state index contributed by atoms with van der Waals surface area (Å²) in [4.78, 5) is 23.1. The number of carbonyl (C=O) groups excluding carboxylic acids is 2. The maximum atomic E-state index is 11.8. The van der Waals surface area contributed by atoms with Crippen LogP contribution < -0.4 is 10.6 Å². The number of hydrogen-bond donors (Lipinski definition) is 3. The van der Waals surface area contributed by atoms with Gasteiger partial charge in [0.15, 0.2) is 5.78 Å². The fraction of sp³-hybridized carbons (Fsp3) is 0.467. The third-order valence-electron chi connectivity index (χ3n) is 3.78. The number of aliphatic hydroxyl groups is 1. The van der Waals surface area contributed by atoms with Gasteiger partial charge in [0.25, 0.3) is 0 Å². The molecule has 3 N–H and O–H groups in total. The van der Waals surface area contributed by atoms with Gasteiger partial charge in [-0.1, -0.05) is 0 Å². The van der Waals surface area contributed by atoms with Gasteiger partial charge >= 0.3 is 6.03 Å². The number of urea groups is 1. The van der Waals surface area contributed by atoms with Crippen LogP contribution in [0.5, 0.6) is 0 Å². The summed E-state index contributed by atoms with van der Waals surface area (Å²) in [6.07, 6.45) is 1.91. The molecule has 2 rings (SSSR count). The molecule has 0 radical (unpaired) electrons. The van der Waals surface area contributed by atoms with Gasteiger partial charge in [-0.05, 0) is 50.5 Å². The molecule has 5 heteroatoms. The minimum atomic E-state index is -0.292. The van der Waals surface area contributed by atoms with Crippen molar-refractivity contribution in [2.24, 2.45) is 5.41 Å². The molecule has 2 amide bonds. The van der Waals surface area contributed by atoms with Crippen LogP contribution in [0.15, 0.2) is 18.2 Å². The Labute approximate surface area is 118 Å². The van der Waals surface area contributed by atoms with E-state index < -0.39 is 0 Å². The Morgan fingerprint density at radius 1 is 1.35 bits per heavy atom. The molecule has 0 spiro atoms. The van der Waals surface area contributed by atoms with E-state index in [1.54, 1.807) is 18.2 Å². The molecule has 1 aromatic carbocycles. The molecule has 1 aliphatic rings. The lowest BCUT2D eigenvalue weighted by atomic mass is 10.1. The first-order valence-electron chi connectivity index (χ1n) is 6.73. The Morgan fingerprint density at radius 2 is 2.05 bits per heavy atom. The number of hydrogen-bond acceptors (Lipinski definition) is 3. The largest absolute Gasteiger partial charge is 0.396 e. The van der Waals surface area contributed by atoms with Crippen molar-refractivity contribution < 1.29 is 14.7 Å². The topological polar surface area (TPSA) is 78.4 Å². The number of amides is 2. The fourth-order valence-electron chi connectivity index (χ4n) is 2.15. The Bertz CT molecular complexity index is 536. The maximum absolute atomic E-state index is 11.8. The third-order valence-corrected chi connectivity index (χ3v) is 3.78. The van der Waals surface area contributed by atoms with E-state index in [1.165, 1.54) is 6.92 Å². The number of Topliss-reactive ketones (excluding diaryl/α,β-unsaturated/α-hetero) is 1. The van der Waals surface area contributed by atoms with E-state index in [9.17, 15) is 14.7 Å². The first kappa shape index (κ1) is 14.5. The molecule has 0 heterocycles. The van der Waals surface area contributed by atoms with Crippen molar-refractivity contribution in [3.63, 3.8) is 0 Å². The van der Waals surface area contributed by atoms with Crippen LogP contribution in [0.1, 0.15) is 35.7 Å². The minimum Gasteiger partial charge on any atom is -0.396 e. The summed E-state index contributed by atoms with van der Waals surface area (Å²) < 4.78 is 0. The molecule has 1 saturated carbocycles. The predicted octanol–water partition coefficient (Wildman–Crippen LogP) is 2.09. The molecule has 0 aromatic heterocycles. The lowest BCUT2D eigenvalue weighted by molar-refractivity contribution is 0.101. The summed E-state index contributed by atoms with van der Waals surface area (Å²) in [7, 11) is 0. The van der Waals surface area contributed by atoms with Crippen LogP contribution in [-0.4, -0.2) is 30.1 Å². The zero-order valence-electron chi connectivity index (χ0n) is 11.8. The van der Waals surface area contributed by atoms with E-state index in [0.717, 1.165) is 18.4 Å². The van der Waals surface area contributed by atoms with Crippen molar-refractivity contribution in [1.29, 1.82) is 0 Å². The molecule has 20 heavy (non-hydrogen) atoms. The number of rotatable bonds is 5. The Balaban J connectivity index is 1.91. The van der Waals surface area contributed by atoms with Gasteiger partial charge in [-0.25, -0.2) is 4.79 Å². The van der Waals surface area contributed by atoms with E-state index in [2.05, 4.69) is 10.6 Å². The summed E-state index contributed by atoms with van der Waals surface area (Å²) >= 11 is 0. The van der Waals surface area contributed by atoms with Gasteiger partial charge in [0.1, 0.15) is 0 Å². The van der Waals surface area contributed by atoms with Gasteiger partial charge in [0, 0.05) is 23.2 Å². The second-order valence-electron chi connectivity index (χ2n) is 5.55. The standard InChI is InChI=1S/C15H20N2O3/c1-10-7-12(3-4-13(10)11(2)19)17-14(20)16-8-15(9-18)5-6-15/h3-4,7,18H,5-6,8-9H2,1-2H3,(H2,16,17,20). The van der Waals surface area contributed by atoms with Crippen molar-refractivity contribution in [2.45, 2.75) is 26.7 Å². The monoisotopic (exact) mass is 276 g/mol.